The van der Waals surface area contributed by atoms with E-state index in [1.807, 2.05) is 66.4 Å². The summed E-state index contributed by atoms with van der Waals surface area (Å²) >= 11 is 0. The molecule has 212 valence electrons. The van der Waals surface area contributed by atoms with Crippen LogP contribution in [-0.2, 0) is 32.0 Å². The van der Waals surface area contributed by atoms with Crippen LogP contribution in [0.3, 0.4) is 0 Å². The molecule has 2 N–H and O–H groups in total. The Morgan fingerprint density at radius 2 is 1.73 bits per heavy atom. The van der Waals surface area contributed by atoms with E-state index in [-0.39, 0.29) is 29.7 Å². The Morgan fingerprint density at radius 1 is 0.975 bits per heavy atom. The molecule has 5 rings (SSSR count). The predicted octanol–water partition coefficient (Wildman–Crippen LogP) is 3.75. The molecule has 2 saturated heterocycles. The molecule has 3 heterocycles. The van der Waals surface area contributed by atoms with E-state index in [9.17, 15) is 14.4 Å². The first-order valence-electron chi connectivity index (χ1n) is 14.6. The van der Waals surface area contributed by atoms with Gasteiger partial charge in [-0.3, -0.25) is 14.4 Å². The lowest BCUT2D eigenvalue weighted by molar-refractivity contribution is -0.140. The summed E-state index contributed by atoms with van der Waals surface area (Å²) in [5, 5.41) is 6.43. The number of allylic oxidation sites excluding steroid dienone is 2. The summed E-state index contributed by atoms with van der Waals surface area (Å²) < 4.78 is 5.59. The van der Waals surface area contributed by atoms with Crippen LogP contribution in [0.2, 0.25) is 0 Å². The SMILES string of the molecule is Cc1ccc(CC(=O)N2CC[C@@H]3NC(=O)[C@@H](Cc4ccccc4)NC(=O)C4(C/C=C/C[C@@H]3C2)CCOCC4)cc1. The number of nitrogens with zero attached hydrogens (tertiary/aromatic N) is 1. The van der Waals surface area contributed by atoms with E-state index >= 15 is 0 Å². The summed E-state index contributed by atoms with van der Waals surface area (Å²) in [4.78, 5) is 42.6. The maximum absolute atomic E-state index is 13.7. The summed E-state index contributed by atoms with van der Waals surface area (Å²) in [5.41, 5.74) is 2.62. The average molecular weight is 544 g/mol. The summed E-state index contributed by atoms with van der Waals surface area (Å²) in [7, 11) is 0. The lowest BCUT2D eigenvalue weighted by atomic mass is 9.75. The number of hydrogen-bond donors (Lipinski definition) is 2. The van der Waals surface area contributed by atoms with Crippen molar-refractivity contribution in [3.63, 3.8) is 0 Å². The first kappa shape index (κ1) is 28.1. The second-order valence-corrected chi connectivity index (χ2v) is 11.7. The van der Waals surface area contributed by atoms with Crippen LogP contribution in [0.15, 0.2) is 66.7 Å². The van der Waals surface area contributed by atoms with Crippen molar-refractivity contribution < 1.29 is 19.1 Å². The van der Waals surface area contributed by atoms with Crippen molar-refractivity contribution in [2.24, 2.45) is 11.3 Å². The molecule has 0 radical (unpaired) electrons. The molecule has 2 aromatic carbocycles. The molecular formula is C33H41N3O4. The molecule has 0 unspecified atom stereocenters. The molecule has 40 heavy (non-hydrogen) atoms. The number of aryl methyl sites for hydroxylation is 1. The number of rotatable bonds is 4. The van der Waals surface area contributed by atoms with Crippen LogP contribution in [0.4, 0.5) is 0 Å². The van der Waals surface area contributed by atoms with E-state index in [1.54, 1.807) is 0 Å². The summed E-state index contributed by atoms with van der Waals surface area (Å²) in [6, 6.07) is 17.2. The highest BCUT2D eigenvalue weighted by Crippen LogP contribution is 2.36. The topological polar surface area (TPSA) is 87.7 Å². The summed E-state index contributed by atoms with van der Waals surface area (Å²) in [6.45, 7) is 4.34. The highest BCUT2D eigenvalue weighted by atomic mass is 16.5. The Hall–Kier alpha value is -3.45. The maximum Gasteiger partial charge on any atom is 0.243 e. The molecular weight excluding hydrogens is 502 g/mol. The molecule has 7 heteroatoms. The van der Waals surface area contributed by atoms with Gasteiger partial charge in [-0.15, -0.1) is 0 Å². The van der Waals surface area contributed by atoms with E-state index < -0.39 is 11.5 Å². The van der Waals surface area contributed by atoms with E-state index in [0.717, 1.165) is 17.5 Å². The van der Waals surface area contributed by atoms with Crippen molar-refractivity contribution in [3.05, 3.63) is 83.4 Å². The number of benzene rings is 2. The molecule has 3 aliphatic rings. The standard InChI is InChI=1S/C33H41N3O4/c1-24-10-12-26(13-11-24)22-30(37)36-18-14-28-27(23-36)9-5-6-15-33(16-19-40-20-17-33)32(39)35-29(31(38)34-28)21-25-7-3-2-4-8-25/h2-8,10-13,27-29H,9,14-23H2,1H3,(H,34,38)(H,35,39)/b6-5+/t27-,28+,29-/m1/s1. The van der Waals surface area contributed by atoms with Gasteiger partial charge in [0.05, 0.1) is 11.8 Å². The van der Waals surface area contributed by atoms with Gasteiger partial charge in [-0.05, 0) is 50.2 Å². The van der Waals surface area contributed by atoms with Crippen molar-refractivity contribution in [2.45, 2.75) is 64.0 Å². The summed E-state index contributed by atoms with van der Waals surface area (Å²) in [6.07, 6.45) is 8.42. The van der Waals surface area contributed by atoms with Crippen LogP contribution in [0.5, 0.6) is 0 Å². The number of likely N-dealkylation sites (tertiary alicyclic amines) is 1. The molecule has 0 aliphatic carbocycles. The van der Waals surface area contributed by atoms with Crippen LogP contribution in [0.25, 0.3) is 0 Å². The van der Waals surface area contributed by atoms with Gasteiger partial charge in [-0.25, -0.2) is 0 Å². The fourth-order valence-electron chi connectivity index (χ4n) is 6.20. The van der Waals surface area contributed by atoms with Crippen LogP contribution < -0.4 is 10.6 Å². The van der Waals surface area contributed by atoms with Crippen molar-refractivity contribution in [3.8, 4) is 0 Å². The molecule has 2 fully saturated rings. The number of hydrogen-bond acceptors (Lipinski definition) is 4. The third-order valence-electron chi connectivity index (χ3n) is 8.84. The number of amides is 3. The first-order chi connectivity index (χ1) is 19.4. The molecule has 2 aromatic rings. The third-order valence-corrected chi connectivity index (χ3v) is 8.84. The molecule has 3 amide bonds. The van der Waals surface area contributed by atoms with E-state index in [0.29, 0.717) is 64.8 Å². The first-order valence-corrected chi connectivity index (χ1v) is 14.6. The molecule has 1 spiro atoms. The van der Waals surface area contributed by atoms with Gasteiger partial charge < -0.3 is 20.3 Å². The van der Waals surface area contributed by atoms with E-state index in [2.05, 4.69) is 22.8 Å². The Balaban J connectivity index is 1.35. The molecule has 3 atom stereocenters. The van der Waals surface area contributed by atoms with Gasteiger partial charge in [0.2, 0.25) is 17.7 Å². The molecule has 0 saturated carbocycles. The zero-order valence-electron chi connectivity index (χ0n) is 23.4. The molecule has 0 bridgehead atoms. The minimum Gasteiger partial charge on any atom is -0.381 e. The average Bonchev–Trinajstić information content (AvgIpc) is 2.97. The zero-order valence-corrected chi connectivity index (χ0v) is 23.4. The van der Waals surface area contributed by atoms with E-state index in [1.165, 1.54) is 5.56 Å². The quantitative estimate of drug-likeness (QED) is 0.575. The second kappa shape index (κ2) is 12.8. The monoisotopic (exact) mass is 543 g/mol. The smallest absolute Gasteiger partial charge is 0.243 e. The molecule has 7 nitrogen and oxygen atoms in total. The fraction of sp³-hybridized carbons (Fsp3) is 0.485. The van der Waals surface area contributed by atoms with Crippen LogP contribution in [-0.4, -0.2) is 61.0 Å². The number of carbonyl (C=O) groups excluding carboxylic acids is 3. The normalized spacial score (nSPS) is 26.0. The number of fused-ring (bicyclic) bond motifs is 1. The Bertz CT molecular complexity index is 1200. The largest absolute Gasteiger partial charge is 0.381 e. The van der Waals surface area contributed by atoms with Gasteiger partial charge in [0.15, 0.2) is 0 Å². The van der Waals surface area contributed by atoms with Crippen molar-refractivity contribution in [1.29, 1.82) is 0 Å². The van der Waals surface area contributed by atoms with Crippen molar-refractivity contribution in [2.75, 3.05) is 26.3 Å². The Labute approximate surface area is 237 Å². The Kier molecular flexibility index (Phi) is 9.00. The van der Waals surface area contributed by atoms with Gasteiger partial charge in [0.25, 0.3) is 0 Å². The van der Waals surface area contributed by atoms with Gasteiger partial charge in [-0.2, -0.15) is 0 Å². The zero-order chi connectivity index (χ0) is 28.0. The number of ether oxygens (including phenoxy) is 1. The molecule has 0 aromatic heterocycles. The highest BCUT2D eigenvalue weighted by molar-refractivity contribution is 5.90. The minimum atomic E-state index is -0.667. The lowest BCUT2D eigenvalue weighted by Crippen LogP contribution is -2.58. The maximum atomic E-state index is 13.7. The van der Waals surface area contributed by atoms with Crippen LogP contribution in [0.1, 0.15) is 48.8 Å². The number of carbonyl (C=O) groups is 3. The minimum absolute atomic E-state index is 0.0628. The van der Waals surface area contributed by atoms with Crippen molar-refractivity contribution in [1.82, 2.24) is 15.5 Å². The lowest BCUT2D eigenvalue weighted by Gasteiger charge is -2.40. The van der Waals surface area contributed by atoms with E-state index in [4.69, 9.17) is 4.74 Å². The van der Waals surface area contributed by atoms with Crippen molar-refractivity contribution >= 4 is 17.7 Å². The summed E-state index contributed by atoms with van der Waals surface area (Å²) in [5.74, 6) is 0.0109. The fourth-order valence-corrected chi connectivity index (χ4v) is 6.20. The molecule has 3 aliphatic heterocycles. The van der Waals surface area contributed by atoms with Crippen LogP contribution in [0, 0.1) is 18.3 Å². The van der Waals surface area contributed by atoms with Crippen LogP contribution >= 0.6 is 0 Å². The second-order valence-electron chi connectivity index (χ2n) is 11.7. The number of piperidine rings is 1. The van der Waals surface area contributed by atoms with Gasteiger partial charge in [-0.1, -0.05) is 72.3 Å². The van der Waals surface area contributed by atoms with Gasteiger partial charge >= 0.3 is 0 Å². The van der Waals surface area contributed by atoms with Gasteiger partial charge in [0, 0.05) is 44.7 Å². The predicted molar refractivity (Wildman–Crippen MR) is 154 cm³/mol. The van der Waals surface area contributed by atoms with Gasteiger partial charge in [0.1, 0.15) is 6.04 Å². The number of nitrogens with one attached hydrogen (secondary N) is 2. The third kappa shape index (κ3) is 6.81. The Morgan fingerprint density at radius 3 is 2.48 bits per heavy atom. The highest BCUT2D eigenvalue weighted by Gasteiger charge is 2.41.